The fourth-order valence-corrected chi connectivity index (χ4v) is 3.09. The average Bonchev–Trinajstić information content (AvgIpc) is 2.99. The lowest BCUT2D eigenvalue weighted by Gasteiger charge is -2.35. The number of likely N-dealkylation sites (tertiary alicyclic amines) is 1. The zero-order chi connectivity index (χ0) is 14.5. The zero-order valence-electron chi connectivity index (χ0n) is 12.8. The van der Waals surface area contributed by atoms with Crippen LogP contribution in [0.15, 0.2) is 41.0 Å². The molecule has 2 heterocycles. The molecule has 120 valence electrons. The van der Waals surface area contributed by atoms with Crippen molar-refractivity contribution in [2.45, 2.75) is 38.3 Å². The van der Waals surface area contributed by atoms with Crippen LogP contribution in [0.25, 0.3) is 11.5 Å². The van der Waals surface area contributed by atoms with Gasteiger partial charge >= 0.3 is 0 Å². The molecule has 5 heteroatoms. The molecule has 1 fully saturated rings. The highest BCUT2D eigenvalue weighted by atomic mass is 35.5. The topological polar surface area (TPSA) is 55.3 Å². The second kappa shape index (κ2) is 8.32. The highest BCUT2D eigenvalue weighted by molar-refractivity contribution is 5.85. The van der Waals surface area contributed by atoms with Crippen LogP contribution in [0, 0.1) is 0 Å². The molecular formula is C17H24ClN3O. The summed E-state index contributed by atoms with van der Waals surface area (Å²) in [5, 5.41) is 0. The lowest BCUT2D eigenvalue weighted by molar-refractivity contribution is 0.132. The largest absolute Gasteiger partial charge is 0.444 e. The van der Waals surface area contributed by atoms with Crippen LogP contribution in [-0.2, 0) is 6.54 Å². The second-order valence-electron chi connectivity index (χ2n) is 5.71. The fourth-order valence-electron chi connectivity index (χ4n) is 3.09. The summed E-state index contributed by atoms with van der Waals surface area (Å²) < 4.78 is 5.62. The van der Waals surface area contributed by atoms with Crippen molar-refractivity contribution in [2.75, 3.05) is 13.1 Å². The Labute approximate surface area is 138 Å². The number of aromatic nitrogens is 1. The number of hydrogen-bond donors (Lipinski definition) is 1. The maximum Gasteiger partial charge on any atom is 0.226 e. The predicted molar refractivity (Wildman–Crippen MR) is 90.9 cm³/mol. The number of benzene rings is 1. The molecule has 2 aromatic rings. The van der Waals surface area contributed by atoms with Gasteiger partial charge in [0.2, 0.25) is 5.89 Å². The molecule has 0 amide bonds. The number of nitrogens with two attached hydrogens (primary N) is 1. The Hall–Kier alpha value is -1.36. The van der Waals surface area contributed by atoms with Crippen molar-refractivity contribution in [3.05, 3.63) is 42.3 Å². The van der Waals surface area contributed by atoms with E-state index in [1.165, 1.54) is 19.3 Å². The lowest BCUT2D eigenvalue weighted by Crippen LogP contribution is -2.40. The van der Waals surface area contributed by atoms with Crippen molar-refractivity contribution in [3.63, 3.8) is 0 Å². The summed E-state index contributed by atoms with van der Waals surface area (Å²) in [5.41, 5.74) is 7.77. The molecule has 0 aliphatic carbocycles. The summed E-state index contributed by atoms with van der Waals surface area (Å²) in [6.07, 6.45) is 6.69. The van der Waals surface area contributed by atoms with Gasteiger partial charge in [0.05, 0.1) is 5.69 Å². The number of hydrogen-bond acceptors (Lipinski definition) is 4. The molecule has 2 N–H and O–H groups in total. The van der Waals surface area contributed by atoms with Crippen molar-refractivity contribution in [1.29, 1.82) is 0 Å². The predicted octanol–water partition coefficient (Wildman–Crippen LogP) is 3.47. The third-order valence-corrected chi connectivity index (χ3v) is 4.19. The van der Waals surface area contributed by atoms with Gasteiger partial charge in [-0.2, -0.15) is 0 Å². The number of halogens is 1. The Morgan fingerprint density at radius 2 is 2.05 bits per heavy atom. The van der Waals surface area contributed by atoms with Crippen LogP contribution in [0.4, 0.5) is 0 Å². The van der Waals surface area contributed by atoms with Crippen molar-refractivity contribution in [3.8, 4) is 11.5 Å². The first-order valence-corrected chi connectivity index (χ1v) is 7.81. The summed E-state index contributed by atoms with van der Waals surface area (Å²) in [6, 6.07) is 10.6. The van der Waals surface area contributed by atoms with E-state index in [0.717, 1.165) is 37.3 Å². The van der Waals surface area contributed by atoms with E-state index < -0.39 is 0 Å². The Balaban J connectivity index is 0.00000176. The van der Waals surface area contributed by atoms with Gasteiger partial charge in [-0.25, -0.2) is 4.98 Å². The first-order chi connectivity index (χ1) is 10.4. The van der Waals surface area contributed by atoms with Gasteiger partial charge in [0, 0.05) is 18.2 Å². The van der Waals surface area contributed by atoms with Gasteiger partial charge in [0.25, 0.3) is 0 Å². The average molecular weight is 322 g/mol. The van der Waals surface area contributed by atoms with Crippen molar-refractivity contribution in [2.24, 2.45) is 5.73 Å². The third kappa shape index (κ3) is 4.09. The molecular weight excluding hydrogens is 298 g/mol. The lowest BCUT2D eigenvalue weighted by atomic mass is 9.99. The minimum Gasteiger partial charge on any atom is -0.444 e. The molecule has 1 aliphatic heterocycles. The van der Waals surface area contributed by atoms with Crippen LogP contribution >= 0.6 is 12.4 Å². The van der Waals surface area contributed by atoms with Gasteiger partial charge in [-0.3, -0.25) is 4.90 Å². The summed E-state index contributed by atoms with van der Waals surface area (Å²) in [6.45, 7) is 2.76. The monoisotopic (exact) mass is 321 g/mol. The molecule has 0 radical (unpaired) electrons. The minimum absolute atomic E-state index is 0. The van der Waals surface area contributed by atoms with Gasteiger partial charge in [-0.15, -0.1) is 12.4 Å². The van der Waals surface area contributed by atoms with E-state index in [0.29, 0.717) is 11.9 Å². The fraction of sp³-hybridized carbons (Fsp3) is 0.471. The molecule has 0 bridgehead atoms. The number of oxazole rings is 1. The van der Waals surface area contributed by atoms with E-state index in [4.69, 9.17) is 10.2 Å². The molecule has 1 saturated heterocycles. The van der Waals surface area contributed by atoms with Gasteiger partial charge in [0.15, 0.2) is 0 Å². The van der Waals surface area contributed by atoms with Gasteiger partial charge in [-0.1, -0.05) is 24.6 Å². The summed E-state index contributed by atoms with van der Waals surface area (Å²) >= 11 is 0. The maximum absolute atomic E-state index is 5.73. The molecule has 3 rings (SSSR count). The van der Waals surface area contributed by atoms with Crippen LogP contribution in [0.3, 0.4) is 0 Å². The molecule has 1 unspecified atom stereocenters. The number of piperidine rings is 1. The Kier molecular flexibility index (Phi) is 6.43. The van der Waals surface area contributed by atoms with E-state index in [1.54, 1.807) is 6.26 Å². The van der Waals surface area contributed by atoms with Gasteiger partial charge in [-0.05, 0) is 44.5 Å². The van der Waals surface area contributed by atoms with E-state index in [1.807, 2.05) is 30.3 Å². The third-order valence-electron chi connectivity index (χ3n) is 4.19. The van der Waals surface area contributed by atoms with Crippen LogP contribution < -0.4 is 5.73 Å². The molecule has 1 aromatic heterocycles. The van der Waals surface area contributed by atoms with Crippen molar-refractivity contribution in [1.82, 2.24) is 9.88 Å². The molecule has 1 atom stereocenters. The molecule has 1 aromatic carbocycles. The molecule has 4 nitrogen and oxygen atoms in total. The summed E-state index contributed by atoms with van der Waals surface area (Å²) in [4.78, 5) is 7.13. The maximum atomic E-state index is 5.73. The molecule has 0 saturated carbocycles. The first kappa shape index (κ1) is 17.0. The Morgan fingerprint density at radius 3 is 2.82 bits per heavy atom. The van der Waals surface area contributed by atoms with Crippen molar-refractivity contribution >= 4 is 12.4 Å². The minimum atomic E-state index is 0. The number of rotatable bonds is 5. The van der Waals surface area contributed by atoms with E-state index >= 15 is 0 Å². The van der Waals surface area contributed by atoms with E-state index in [9.17, 15) is 0 Å². The zero-order valence-corrected chi connectivity index (χ0v) is 13.6. The molecule has 0 spiro atoms. The second-order valence-corrected chi connectivity index (χ2v) is 5.71. The first-order valence-electron chi connectivity index (χ1n) is 7.81. The smallest absolute Gasteiger partial charge is 0.226 e. The van der Waals surface area contributed by atoms with Crippen LogP contribution in [-0.4, -0.2) is 29.0 Å². The standard InChI is InChI=1S/C17H23N3O.ClH/c18-10-9-16-8-4-5-11-20(16)12-15-13-21-17(19-15)14-6-2-1-3-7-14;/h1-3,6-7,13,16H,4-5,8-12,18H2;1H. The SMILES string of the molecule is Cl.NCCC1CCCCN1Cc1coc(-c2ccccc2)n1. The molecule has 1 aliphatic rings. The normalized spacial score (nSPS) is 18.9. The van der Waals surface area contributed by atoms with E-state index in [-0.39, 0.29) is 12.4 Å². The highest BCUT2D eigenvalue weighted by Crippen LogP contribution is 2.23. The van der Waals surface area contributed by atoms with Crippen LogP contribution in [0.2, 0.25) is 0 Å². The Bertz CT molecular complexity index is 556. The summed E-state index contributed by atoms with van der Waals surface area (Å²) in [7, 11) is 0. The quantitative estimate of drug-likeness (QED) is 0.916. The highest BCUT2D eigenvalue weighted by Gasteiger charge is 2.22. The Morgan fingerprint density at radius 1 is 1.23 bits per heavy atom. The molecule has 22 heavy (non-hydrogen) atoms. The van der Waals surface area contributed by atoms with Crippen LogP contribution in [0.1, 0.15) is 31.4 Å². The van der Waals surface area contributed by atoms with Crippen LogP contribution in [0.5, 0.6) is 0 Å². The van der Waals surface area contributed by atoms with Gasteiger partial charge < -0.3 is 10.2 Å². The summed E-state index contributed by atoms with van der Waals surface area (Å²) in [5.74, 6) is 0.706. The van der Waals surface area contributed by atoms with Gasteiger partial charge in [0.1, 0.15) is 6.26 Å². The number of nitrogens with zero attached hydrogens (tertiary/aromatic N) is 2. The van der Waals surface area contributed by atoms with E-state index in [2.05, 4.69) is 9.88 Å². The van der Waals surface area contributed by atoms with Crippen molar-refractivity contribution < 1.29 is 4.42 Å².